The van der Waals surface area contributed by atoms with Gasteiger partial charge in [-0.25, -0.2) is 9.07 Å². The first kappa shape index (κ1) is 22.9. The molecule has 0 amide bonds. The first-order chi connectivity index (χ1) is 12.9. The lowest BCUT2D eigenvalue weighted by Crippen LogP contribution is -2.03. The number of nitrogens with zero attached hydrogens (tertiary/aromatic N) is 2. The SMILES string of the molecule is C=CCCC=Cc1cc(C(C)C)n(-c2ccc(C(C)F)cc2)n1.CCCC.[HH]. The number of halogens is 1. The average molecular weight is 373 g/mol. The highest BCUT2D eigenvalue weighted by atomic mass is 19.1. The van der Waals surface area contributed by atoms with E-state index in [0.29, 0.717) is 11.5 Å². The van der Waals surface area contributed by atoms with Gasteiger partial charge >= 0.3 is 0 Å². The van der Waals surface area contributed by atoms with E-state index in [-0.39, 0.29) is 1.43 Å². The summed E-state index contributed by atoms with van der Waals surface area (Å²) in [5.74, 6) is 0.359. The third-order valence-electron chi connectivity index (χ3n) is 4.27. The monoisotopic (exact) mass is 372 g/mol. The number of benzene rings is 1. The fourth-order valence-corrected chi connectivity index (χ4v) is 2.41. The minimum Gasteiger partial charge on any atom is -0.243 e. The first-order valence-corrected chi connectivity index (χ1v) is 10.1. The molecule has 0 aliphatic rings. The van der Waals surface area contributed by atoms with Crippen LogP contribution in [0, 0.1) is 0 Å². The maximum absolute atomic E-state index is 13.3. The fraction of sp³-hybridized carbons (Fsp3) is 0.458. The van der Waals surface area contributed by atoms with Crippen LogP contribution in [-0.2, 0) is 0 Å². The standard InChI is InChI=1S/C20H25FN2.C4H10.H2/c1-5-6-7-8-9-18-14-20(15(2)3)23(22-18)19-12-10-17(11-13-19)16(4)21;1-3-4-2;/h5,8-16H,1,6-7H2,2-4H3;3-4H2,1-2H3;1H. The van der Waals surface area contributed by atoms with Crippen LogP contribution in [0.2, 0.25) is 0 Å². The largest absolute Gasteiger partial charge is 0.243 e. The van der Waals surface area contributed by atoms with Gasteiger partial charge < -0.3 is 0 Å². The highest BCUT2D eigenvalue weighted by Gasteiger charge is 2.12. The summed E-state index contributed by atoms with van der Waals surface area (Å²) >= 11 is 0. The quantitative estimate of drug-likeness (QED) is 0.338. The fourth-order valence-electron chi connectivity index (χ4n) is 2.41. The van der Waals surface area contributed by atoms with Gasteiger partial charge in [0.25, 0.3) is 0 Å². The Labute approximate surface area is 166 Å². The number of unbranched alkanes of at least 4 members (excludes halogenated alkanes) is 2. The Bertz CT molecular complexity index is 698. The zero-order chi connectivity index (χ0) is 20.2. The predicted octanol–water partition coefficient (Wildman–Crippen LogP) is 8.06. The van der Waals surface area contributed by atoms with Gasteiger partial charge in [0.05, 0.1) is 11.4 Å². The maximum atomic E-state index is 13.3. The normalized spacial score (nSPS) is 12.1. The van der Waals surface area contributed by atoms with E-state index in [2.05, 4.69) is 51.5 Å². The molecule has 0 saturated heterocycles. The lowest BCUT2D eigenvalue weighted by molar-refractivity contribution is 0.374. The van der Waals surface area contributed by atoms with Gasteiger partial charge in [0.2, 0.25) is 0 Å². The maximum Gasteiger partial charge on any atom is 0.122 e. The van der Waals surface area contributed by atoms with Crippen molar-refractivity contribution in [3.05, 3.63) is 66.0 Å². The van der Waals surface area contributed by atoms with Crippen molar-refractivity contribution in [1.29, 1.82) is 0 Å². The van der Waals surface area contributed by atoms with Gasteiger partial charge in [-0.05, 0) is 55.5 Å². The Morgan fingerprint density at radius 1 is 1.11 bits per heavy atom. The summed E-state index contributed by atoms with van der Waals surface area (Å²) in [4.78, 5) is 0. The molecule has 3 heteroatoms. The third-order valence-corrected chi connectivity index (χ3v) is 4.27. The molecule has 27 heavy (non-hydrogen) atoms. The number of aromatic nitrogens is 2. The molecule has 1 atom stereocenters. The van der Waals surface area contributed by atoms with Crippen LogP contribution in [0.1, 0.15) is 90.8 Å². The van der Waals surface area contributed by atoms with Gasteiger partial charge in [-0.3, -0.25) is 0 Å². The molecule has 0 spiro atoms. The number of hydrogen-bond acceptors (Lipinski definition) is 1. The molecule has 1 heterocycles. The van der Waals surface area contributed by atoms with Crippen molar-refractivity contribution in [2.75, 3.05) is 0 Å². The molecule has 0 saturated carbocycles. The Morgan fingerprint density at radius 3 is 2.22 bits per heavy atom. The van der Waals surface area contributed by atoms with E-state index in [0.717, 1.165) is 29.9 Å². The minimum absolute atomic E-state index is 0. The van der Waals surface area contributed by atoms with E-state index in [1.165, 1.54) is 12.8 Å². The number of alkyl halides is 1. The van der Waals surface area contributed by atoms with Crippen LogP contribution in [-0.4, -0.2) is 9.78 Å². The molecule has 2 rings (SSSR count). The molecule has 1 unspecified atom stereocenters. The summed E-state index contributed by atoms with van der Waals surface area (Å²) in [6.45, 7) is 13.9. The van der Waals surface area contributed by atoms with Crippen LogP contribution in [0.5, 0.6) is 0 Å². The summed E-state index contributed by atoms with van der Waals surface area (Å²) in [5.41, 5.74) is 3.75. The molecule has 0 aliphatic heterocycles. The minimum atomic E-state index is -0.949. The molecule has 2 nitrogen and oxygen atoms in total. The van der Waals surface area contributed by atoms with E-state index in [1.807, 2.05) is 41.1 Å². The summed E-state index contributed by atoms with van der Waals surface area (Å²) in [6, 6.07) is 9.61. The van der Waals surface area contributed by atoms with Gasteiger partial charge in [0.1, 0.15) is 6.17 Å². The lowest BCUT2D eigenvalue weighted by Gasteiger charge is -2.11. The summed E-state index contributed by atoms with van der Waals surface area (Å²) in [7, 11) is 0. The second-order valence-electron chi connectivity index (χ2n) is 7.04. The third kappa shape index (κ3) is 7.54. The average Bonchev–Trinajstić information content (AvgIpc) is 3.10. The lowest BCUT2D eigenvalue weighted by atomic mass is 10.1. The molecule has 0 fully saturated rings. The van der Waals surface area contributed by atoms with Crippen LogP contribution in [0.3, 0.4) is 0 Å². The van der Waals surface area contributed by atoms with Crippen molar-refractivity contribution in [3.63, 3.8) is 0 Å². The van der Waals surface area contributed by atoms with Gasteiger partial charge in [0.15, 0.2) is 0 Å². The van der Waals surface area contributed by atoms with Crippen molar-refractivity contribution < 1.29 is 5.82 Å². The molecule has 0 bridgehead atoms. The smallest absolute Gasteiger partial charge is 0.122 e. The van der Waals surface area contributed by atoms with Crippen LogP contribution >= 0.6 is 0 Å². The zero-order valence-corrected chi connectivity index (χ0v) is 17.6. The number of allylic oxidation sites excluding steroid dienone is 2. The highest BCUT2D eigenvalue weighted by molar-refractivity contribution is 5.47. The van der Waals surface area contributed by atoms with Crippen molar-refractivity contribution in [2.24, 2.45) is 0 Å². The molecule has 0 N–H and O–H groups in total. The molecular formula is C24H37FN2. The van der Waals surface area contributed by atoms with Crippen molar-refractivity contribution >= 4 is 6.08 Å². The van der Waals surface area contributed by atoms with Crippen molar-refractivity contribution in [2.45, 2.75) is 72.4 Å². The summed E-state index contributed by atoms with van der Waals surface area (Å²) in [5, 5.41) is 4.68. The molecule has 150 valence electrons. The predicted molar refractivity (Wildman–Crippen MR) is 118 cm³/mol. The summed E-state index contributed by atoms with van der Waals surface area (Å²) < 4.78 is 15.3. The number of hydrogen-bond donors (Lipinski definition) is 0. The Kier molecular flexibility index (Phi) is 10.4. The van der Waals surface area contributed by atoms with Gasteiger partial charge in [0, 0.05) is 7.12 Å². The highest BCUT2D eigenvalue weighted by Crippen LogP contribution is 2.23. The molecule has 2 aromatic rings. The van der Waals surface area contributed by atoms with Crippen LogP contribution in [0.25, 0.3) is 11.8 Å². The van der Waals surface area contributed by atoms with E-state index in [9.17, 15) is 4.39 Å². The first-order valence-electron chi connectivity index (χ1n) is 10.1. The van der Waals surface area contributed by atoms with Gasteiger partial charge in [-0.1, -0.05) is 64.8 Å². The van der Waals surface area contributed by atoms with E-state index < -0.39 is 6.17 Å². The second-order valence-corrected chi connectivity index (χ2v) is 7.04. The Balaban J connectivity index is 0.00000133. The molecule has 1 aromatic carbocycles. The van der Waals surface area contributed by atoms with Crippen LogP contribution in [0.15, 0.2) is 49.1 Å². The zero-order valence-electron chi connectivity index (χ0n) is 17.6. The molecular weight excluding hydrogens is 335 g/mol. The van der Waals surface area contributed by atoms with E-state index in [1.54, 1.807) is 6.92 Å². The molecule has 0 radical (unpaired) electrons. The van der Waals surface area contributed by atoms with Gasteiger partial charge in [-0.2, -0.15) is 5.10 Å². The van der Waals surface area contributed by atoms with Crippen LogP contribution in [0.4, 0.5) is 4.39 Å². The molecule has 0 aliphatic carbocycles. The van der Waals surface area contributed by atoms with E-state index >= 15 is 0 Å². The Hall–Kier alpha value is -2.16. The van der Waals surface area contributed by atoms with Crippen molar-refractivity contribution in [1.82, 2.24) is 9.78 Å². The second kappa shape index (κ2) is 12.3. The van der Waals surface area contributed by atoms with Crippen molar-refractivity contribution in [3.8, 4) is 5.69 Å². The van der Waals surface area contributed by atoms with Crippen LogP contribution < -0.4 is 0 Å². The molecule has 1 aromatic heterocycles. The topological polar surface area (TPSA) is 17.8 Å². The summed E-state index contributed by atoms with van der Waals surface area (Å²) in [6.07, 6.45) is 9.70. The Morgan fingerprint density at radius 2 is 1.74 bits per heavy atom. The van der Waals surface area contributed by atoms with Gasteiger partial charge in [-0.15, -0.1) is 6.58 Å². The number of rotatable bonds is 8. The van der Waals surface area contributed by atoms with E-state index in [4.69, 9.17) is 0 Å².